The highest BCUT2D eigenvalue weighted by molar-refractivity contribution is 5.34. The molecular weight excluding hydrogens is 300 g/mol. The molecule has 4 rings (SSSR count). The van der Waals surface area contributed by atoms with Crippen LogP contribution in [0.1, 0.15) is 75.0 Å². The lowest BCUT2D eigenvalue weighted by Crippen LogP contribution is -2.34. The van der Waals surface area contributed by atoms with E-state index in [-0.39, 0.29) is 0 Å². The van der Waals surface area contributed by atoms with Gasteiger partial charge in [-0.25, -0.2) is 0 Å². The van der Waals surface area contributed by atoms with Crippen molar-refractivity contribution in [1.82, 2.24) is 0 Å². The van der Waals surface area contributed by atoms with Crippen molar-refractivity contribution in [1.29, 1.82) is 0 Å². The first-order valence-corrected chi connectivity index (χ1v) is 10.9. The Balaban J connectivity index is 1.38. The molecule has 0 aromatic heterocycles. The van der Waals surface area contributed by atoms with Crippen LogP contribution < -0.4 is 0 Å². The van der Waals surface area contributed by atoms with Gasteiger partial charge in [0.2, 0.25) is 0 Å². The van der Waals surface area contributed by atoms with Crippen molar-refractivity contribution in [2.75, 3.05) is 0 Å². The number of hydrogen-bond donors (Lipinski definition) is 0. The molecule has 25 heavy (non-hydrogen) atoms. The molecule has 3 aliphatic carbocycles. The van der Waals surface area contributed by atoms with Crippen LogP contribution in [-0.2, 0) is 19.3 Å². The predicted molar refractivity (Wildman–Crippen MR) is 108 cm³/mol. The largest absolute Gasteiger partial charge is 0.103 e. The van der Waals surface area contributed by atoms with Gasteiger partial charge in [-0.2, -0.15) is 0 Å². The highest BCUT2D eigenvalue weighted by Gasteiger charge is 2.37. The van der Waals surface area contributed by atoms with Crippen LogP contribution in [0.4, 0.5) is 0 Å². The molecule has 5 unspecified atom stereocenters. The molecule has 0 heteroatoms. The van der Waals surface area contributed by atoms with Gasteiger partial charge in [0.05, 0.1) is 0 Å². The molecule has 0 aliphatic heterocycles. The van der Waals surface area contributed by atoms with Crippen LogP contribution in [0, 0.1) is 29.6 Å². The molecule has 0 saturated heterocycles. The van der Waals surface area contributed by atoms with Crippen LogP contribution in [0.3, 0.4) is 0 Å². The van der Waals surface area contributed by atoms with E-state index in [1.807, 2.05) is 6.08 Å². The van der Waals surface area contributed by atoms with Gasteiger partial charge in [0.15, 0.2) is 0 Å². The summed E-state index contributed by atoms with van der Waals surface area (Å²) in [7, 11) is 0. The summed E-state index contributed by atoms with van der Waals surface area (Å²) in [6.45, 7) is 6.33. The number of rotatable bonds is 4. The highest BCUT2D eigenvalue weighted by Crippen LogP contribution is 2.48. The number of allylic oxidation sites excluding steroid dienone is 1. The molecule has 0 amide bonds. The van der Waals surface area contributed by atoms with Gasteiger partial charge >= 0.3 is 0 Å². The molecule has 1 aromatic rings. The van der Waals surface area contributed by atoms with Gasteiger partial charge in [0, 0.05) is 0 Å². The minimum absolute atomic E-state index is 0.965. The van der Waals surface area contributed by atoms with E-state index in [9.17, 15) is 0 Å². The van der Waals surface area contributed by atoms with Gasteiger partial charge in [0.25, 0.3) is 0 Å². The third-order valence-corrected chi connectivity index (χ3v) is 7.76. The molecule has 136 valence electrons. The van der Waals surface area contributed by atoms with E-state index in [1.165, 1.54) is 56.9 Å². The first-order valence-electron chi connectivity index (χ1n) is 10.9. The van der Waals surface area contributed by atoms with Crippen molar-refractivity contribution in [2.45, 2.75) is 77.6 Å². The van der Waals surface area contributed by atoms with Gasteiger partial charge in [-0.3, -0.25) is 0 Å². The van der Waals surface area contributed by atoms with E-state index in [2.05, 4.69) is 31.7 Å². The van der Waals surface area contributed by atoms with E-state index >= 15 is 0 Å². The molecule has 0 bridgehead atoms. The lowest BCUT2D eigenvalue weighted by molar-refractivity contribution is 0.0757. The van der Waals surface area contributed by atoms with Gasteiger partial charge in [-0.15, -0.1) is 6.58 Å². The second-order valence-electron chi connectivity index (χ2n) is 9.44. The normalized spacial score (nSPS) is 34.8. The third-order valence-electron chi connectivity index (χ3n) is 7.76. The van der Waals surface area contributed by atoms with E-state index in [0.717, 1.165) is 42.4 Å². The Hall–Kier alpha value is -1.04. The highest BCUT2D eigenvalue weighted by atomic mass is 14.4. The molecule has 2 saturated carbocycles. The Labute approximate surface area is 155 Å². The first kappa shape index (κ1) is 17.4. The fourth-order valence-corrected chi connectivity index (χ4v) is 6.25. The Morgan fingerprint density at radius 1 is 0.920 bits per heavy atom. The third kappa shape index (κ3) is 3.88. The number of fused-ring (bicyclic) bond motifs is 2. The van der Waals surface area contributed by atoms with E-state index < -0.39 is 0 Å². The summed E-state index contributed by atoms with van der Waals surface area (Å²) in [6, 6.07) is 7.33. The summed E-state index contributed by atoms with van der Waals surface area (Å²) in [5.41, 5.74) is 4.82. The average Bonchev–Trinajstić information content (AvgIpc) is 2.65. The van der Waals surface area contributed by atoms with Gasteiger partial charge in [-0.05, 0) is 110 Å². The zero-order chi connectivity index (χ0) is 17.2. The van der Waals surface area contributed by atoms with E-state index in [0.29, 0.717) is 0 Å². The Bertz CT molecular complexity index is 598. The van der Waals surface area contributed by atoms with Crippen LogP contribution in [0.15, 0.2) is 30.9 Å². The standard InChI is InChI=1S/C25H36/c1-3-4-5-19-7-9-23-17-25(13-11-21(23)15-19)24-12-10-20-14-18(2)6-8-22(20)16-24/h3,7,9,15,18,20,22,24-25H,1,4-6,8,10-14,16-17H2,2H3. The number of benzene rings is 1. The van der Waals surface area contributed by atoms with Crippen molar-refractivity contribution in [3.05, 3.63) is 47.5 Å². The van der Waals surface area contributed by atoms with Gasteiger partial charge in [-0.1, -0.05) is 37.6 Å². The summed E-state index contributed by atoms with van der Waals surface area (Å²) >= 11 is 0. The van der Waals surface area contributed by atoms with E-state index in [1.54, 1.807) is 17.5 Å². The second kappa shape index (κ2) is 7.68. The maximum absolute atomic E-state index is 3.86. The zero-order valence-electron chi connectivity index (χ0n) is 16.2. The van der Waals surface area contributed by atoms with Crippen molar-refractivity contribution in [3.63, 3.8) is 0 Å². The maximum atomic E-state index is 3.86. The summed E-state index contributed by atoms with van der Waals surface area (Å²) in [5, 5.41) is 0. The quantitative estimate of drug-likeness (QED) is 0.533. The topological polar surface area (TPSA) is 0 Å². The van der Waals surface area contributed by atoms with Crippen LogP contribution in [0.2, 0.25) is 0 Å². The summed E-state index contributed by atoms with van der Waals surface area (Å²) in [6.07, 6.45) is 17.6. The second-order valence-corrected chi connectivity index (χ2v) is 9.44. The minimum Gasteiger partial charge on any atom is -0.103 e. The van der Waals surface area contributed by atoms with Crippen molar-refractivity contribution < 1.29 is 0 Å². The Kier molecular flexibility index (Phi) is 5.34. The fraction of sp³-hybridized carbons (Fsp3) is 0.680. The molecule has 0 N–H and O–H groups in total. The van der Waals surface area contributed by atoms with Crippen LogP contribution in [0.5, 0.6) is 0 Å². The van der Waals surface area contributed by atoms with Crippen LogP contribution >= 0.6 is 0 Å². The SMILES string of the molecule is C=CCCc1ccc2c(c1)CCC(C1CCC3CC(C)CCC3C1)C2. The molecule has 0 spiro atoms. The van der Waals surface area contributed by atoms with E-state index in [4.69, 9.17) is 0 Å². The van der Waals surface area contributed by atoms with Gasteiger partial charge in [0.1, 0.15) is 0 Å². The molecular formula is C25H36. The zero-order valence-corrected chi connectivity index (χ0v) is 16.2. The molecule has 0 radical (unpaired) electrons. The monoisotopic (exact) mass is 336 g/mol. The maximum Gasteiger partial charge on any atom is -0.0244 e. The average molecular weight is 337 g/mol. The molecule has 2 fully saturated rings. The molecule has 3 aliphatic rings. The first-order chi connectivity index (χ1) is 12.2. The van der Waals surface area contributed by atoms with Crippen molar-refractivity contribution in [2.24, 2.45) is 29.6 Å². The Morgan fingerprint density at radius 2 is 1.68 bits per heavy atom. The minimum atomic E-state index is 0.965. The van der Waals surface area contributed by atoms with Crippen LogP contribution in [0.25, 0.3) is 0 Å². The van der Waals surface area contributed by atoms with Gasteiger partial charge < -0.3 is 0 Å². The van der Waals surface area contributed by atoms with Crippen molar-refractivity contribution in [3.8, 4) is 0 Å². The summed E-state index contributed by atoms with van der Waals surface area (Å²) in [5.74, 6) is 5.12. The Morgan fingerprint density at radius 3 is 2.52 bits per heavy atom. The van der Waals surface area contributed by atoms with Crippen LogP contribution in [-0.4, -0.2) is 0 Å². The predicted octanol–water partition coefficient (Wildman–Crippen LogP) is 6.76. The number of hydrogen-bond acceptors (Lipinski definition) is 0. The molecule has 5 atom stereocenters. The fourth-order valence-electron chi connectivity index (χ4n) is 6.25. The molecule has 1 aromatic carbocycles. The number of aryl methyl sites for hydroxylation is 2. The molecule has 0 nitrogen and oxygen atoms in total. The molecule has 0 heterocycles. The van der Waals surface area contributed by atoms with Crippen molar-refractivity contribution >= 4 is 0 Å². The lowest BCUT2D eigenvalue weighted by atomic mass is 9.61. The smallest absolute Gasteiger partial charge is 0.0244 e. The summed E-state index contributed by atoms with van der Waals surface area (Å²) in [4.78, 5) is 0. The lowest BCUT2D eigenvalue weighted by Gasteiger charge is -2.44. The summed E-state index contributed by atoms with van der Waals surface area (Å²) < 4.78 is 0.